The third-order valence-electron chi connectivity index (χ3n) is 3.46. The molecule has 0 saturated carbocycles. The number of carbonyl (C=O) groups is 1. The summed E-state index contributed by atoms with van der Waals surface area (Å²) in [5.74, 6) is 5.93. The van der Waals surface area contributed by atoms with Gasteiger partial charge in [-0.2, -0.15) is 8.75 Å². The highest BCUT2D eigenvalue weighted by atomic mass is 32.1. The van der Waals surface area contributed by atoms with E-state index in [-0.39, 0.29) is 12.5 Å². The van der Waals surface area contributed by atoms with E-state index in [1.54, 1.807) is 18.2 Å². The molecule has 2 aromatic carbocycles. The van der Waals surface area contributed by atoms with Gasteiger partial charge in [0.05, 0.1) is 24.0 Å². The number of aromatic nitrogens is 2. The van der Waals surface area contributed by atoms with Crippen molar-refractivity contribution in [3.8, 4) is 11.8 Å². The summed E-state index contributed by atoms with van der Waals surface area (Å²) in [5, 5.41) is 2.80. The Morgan fingerprint density at radius 1 is 1.17 bits per heavy atom. The van der Waals surface area contributed by atoms with Crippen LogP contribution >= 0.6 is 11.7 Å². The molecule has 3 aromatic rings. The van der Waals surface area contributed by atoms with E-state index in [9.17, 15) is 4.79 Å². The summed E-state index contributed by atoms with van der Waals surface area (Å²) in [5.41, 5.74) is 4.09. The molecule has 5 nitrogen and oxygen atoms in total. The van der Waals surface area contributed by atoms with E-state index in [1.165, 1.54) is 0 Å². The molecule has 0 atom stereocenters. The van der Waals surface area contributed by atoms with Gasteiger partial charge in [-0.25, -0.2) is 0 Å². The highest BCUT2D eigenvalue weighted by Gasteiger charge is 2.07. The molecule has 0 spiro atoms. The van der Waals surface area contributed by atoms with Crippen molar-refractivity contribution in [3.63, 3.8) is 0 Å². The molecule has 0 aliphatic heterocycles. The first-order valence-corrected chi connectivity index (χ1v) is 8.14. The van der Waals surface area contributed by atoms with Gasteiger partial charge in [0.2, 0.25) is 0 Å². The average Bonchev–Trinajstić information content (AvgIpc) is 3.06. The van der Waals surface area contributed by atoms with Crippen LogP contribution in [0.4, 0.5) is 5.69 Å². The van der Waals surface area contributed by atoms with E-state index in [0.29, 0.717) is 5.56 Å². The largest absolute Gasteiger partial charge is 0.377 e. The zero-order valence-corrected chi connectivity index (χ0v) is 14.2. The maximum absolute atomic E-state index is 12.2. The van der Waals surface area contributed by atoms with Gasteiger partial charge in [0.25, 0.3) is 5.91 Å². The van der Waals surface area contributed by atoms with Gasteiger partial charge in [-0.05, 0) is 30.3 Å². The third kappa shape index (κ3) is 3.53. The third-order valence-corrected chi connectivity index (χ3v) is 4.02. The van der Waals surface area contributed by atoms with Crippen molar-refractivity contribution in [1.82, 2.24) is 14.1 Å². The molecule has 1 amide bonds. The summed E-state index contributed by atoms with van der Waals surface area (Å²) in [6.07, 6.45) is 0. The van der Waals surface area contributed by atoms with Crippen molar-refractivity contribution in [2.75, 3.05) is 25.5 Å². The standard InChI is InChI=1S/C18H16N4OS/c1-22(2)17-8-4-3-6-13(17)7-5-11-19-18(23)14-9-10-15-16(12-14)21-24-20-15/h3-4,6,8-10,12H,11H2,1-2H3,(H,19,23). The van der Waals surface area contributed by atoms with Crippen LogP contribution in [0.2, 0.25) is 0 Å². The number of hydrogen-bond donors (Lipinski definition) is 1. The van der Waals surface area contributed by atoms with Crippen LogP contribution in [0.5, 0.6) is 0 Å². The molecule has 0 radical (unpaired) electrons. The Labute approximate surface area is 144 Å². The highest BCUT2D eigenvalue weighted by molar-refractivity contribution is 7.00. The van der Waals surface area contributed by atoms with Crippen LogP contribution in [0.15, 0.2) is 42.5 Å². The zero-order valence-electron chi connectivity index (χ0n) is 13.4. The summed E-state index contributed by atoms with van der Waals surface area (Å²) in [6.45, 7) is 0.286. The molecule has 1 N–H and O–H groups in total. The summed E-state index contributed by atoms with van der Waals surface area (Å²) in [6, 6.07) is 13.2. The van der Waals surface area contributed by atoms with Crippen LogP contribution in [-0.4, -0.2) is 35.3 Å². The number of benzene rings is 2. The molecule has 0 fully saturated rings. The number of rotatable bonds is 3. The van der Waals surface area contributed by atoms with Gasteiger partial charge in [-0.1, -0.05) is 24.0 Å². The lowest BCUT2D eigenvalue weighted by atomic mass is 10.1. The average molecular weight is 336 g/mol. The lowest BCUT2D eigenvalue weighted by Gasteiger charge is -2.13. The van der Waals surface area contributed by atoms with Crippen molar-refractivity contribution < 1.29 is 4.79 Å². The normalized spacial score (nSPS) is 10.1. The van der Waals surface area contributed by atoms with E-state index in [2.05, 4.69) is 25.9 Å². The Bertz CT molecular complexity index is 937. The molecule has 6 heteroatoms. The minimum Gasteiger partial charge on any atom is -0.377 e. The topological polar surface area (TPSA) is 58.1 Å². The summed E-state index contributed by atoms with van der Waals surface area (Å²) >= 11 is 1.14. The van der Waals surface area contributed by atoms with Crippen LogP contribution in [0, 0.1) is 11.8 Å². The molecule has 0 aliphatic rings. The van der Waals surface area contributed by atoms with Crippen molar-refractivity contribution in [1.29, 1.82) is 0 Å². The Balaban J connectivity index is 1.65. The van der Waals surface area contributed by atoms with E-state index in [1.807, 2.05) is 43.3 Å². The SMILES string of the molecule is CN(C)c1ccccc1C#CCNC(=O)c1ccc2nsnc2c1. The number of nitrogens with zero attached hydrogens (tertiary/aromatic N) is 3. The molecule has 0 aliphatic carbocycles. The summed E-state index contributed by atoms with van der Waals surface area (Å²) in [4.78, 5) is 14.2. The van der Waals surface area contributed by atoms with Crippen molar-refractivity contribution in [3.05, 3.63) is 53.6 Å². The first kappa shape index (κ1) is 16.0. The van der Waals surface area contributed by atoms with Gasteiger partial charge in [-0.15, -0.1) is 0 Å². The molecule has 1 aromatic heterocycles. The van der Waals surface area contributed by atoms with E-state index in [0.717, 1.165) is 34.0 Å². The number of para-hydroxylation sites is 1. The molecule has 0 unspecified atom stereocenters. The summed E-state index contributed by atoms with van der Waals surface area (Å²) < 4.78 is 8.27. The van der Waals surface area contributed by atoms with Crippen LogP contribution in [0.1, 0.15) is 15.9 Å². The second kappa shape index (κ2) is 7.11. The van der Waals surface area contributed by atoms with Gasteiger partial charge < -0.3 is 10.2 Å². The number of nitrogens with one attached hydrogen (secondary N) is 1. The molecule has 3 rings (SSSR count). The quantitative estimate of drug-likeness (QED) is 0.747. The Kier molecular flexibility index (Phi) is 4.73. The second-order valence-corrected chi connectivity index (χ2v) is 5.89. The second-order valence-electron chi connectivity index (χ2n) is 5.36. The van der Waals surface area contributed by atoms with Gasteiger partial charge in [0.15, 0.2) is 0 Å². The fraction of sp³-hybridized carbons (Fsp3) is 0.167. The fourth-order valence-corrected chi connectivity index (χ4v) is 2.78. The first-order valence-electron chi connectivity index (χ1n) is 7.41. The van der Waals surface area contributed by atoms with Gasteiger partial charge in [0.1, 0.15) is 11.0 Å². The van der Waals surface area contributed by atoms with Crippen molar-refractivity contribution in [2.24, 2.45) is 0 Å². The predicted octanol–water partition coefficient (Wildman–Crippen LogP) is 2.54. The van der Waals surface area contributed by atoms with Gasteiger partial charge >= 0.3 is 0 Å². The zero-order chi connectivity index (χ0) is 16.9. The van der Waals surface area contributed by atoms with Crippen molar-refractivity contribution >= 4 is 34.4 Å². The van der Waals surface area contributed by atoms with Crippen LogP contribution in [-0.2, 0) is 0 Å². The van der Waals surface area contributed by atoms with Crippen LogP contribution < -0.4 is 10.2 Å². The lowest BCUT2D eigenvalue weighted by molar-refractivity contribution is 0.0959. The lowest BCUT2D eigenvalue weighted by Crippen LogP contribution is -2.23. The molecule has 1 heterocycles. The molecule has 0 saturated heterocycles. The maximum Gasteiger partial charge on any atom is 0.252 e. The van der Waals surface area contributed by atoms with Crippen LogP contribution in [0.25, 0.3) is 11.0 Å². The predicted molar refractivity (Wildman–Crippen MR) is 97.4 cm³/mol. The monoisotopic (exact) mass is 336 g/mol. The Morgan fingerprint density at radius 3 is 2.79 bits per heavy atom. The Hall–Kier alpha value is -2.91. The molecule has 120 valence electrons. The maximum atomic E-state index is 12.2. The van der Waals surface area contributed by atoms with E-state index in [4.69, 9.17) is 0 Å². The number of fused-ring (bicyclic) bond motifs is 1. The molecular formula is C18H16N4OS. The molecular weight excluding hydrogens is 320 g/mol. The summed E-state index contributed by atoms with van der Waals surface area (Å²) in [7, 11) is 3.96. The van der Waals surface area contributed by atoms with Crippen molar-refractivity contribution in [2.45, 2.75) is 0 Å². The fourth-order valence-electron chi connectivity index (χ4n) is 2.26. The molecule has 24 heavy (non-hydrogen) atoms. The molecule has 0 bridgehead atoms. The smallest absolute Gasteiger partial charge is 0.252 e. The highest BCUT2D eigenvalue weighted by Crippen LogP contribution is 2.16. The van der Waals surface area contributed by atoms with E-state index < -0.39 is 0 Å². The number of carbonyl (C=O) groups excluding carboxylic acids is 1. The van der Waals surface area contributed by atoms with Gasteiger partial charge in [0, 0.05) is 25.2 Å². The van der Waals surface area contributed by atoms with Gasteiger partial charge in [-0.3, -0.25) is 4.79 Å². The van der Waals surface area contributed by atoms with Crippen LogP contribution in [0.3, 0.4) is 0 Å². The first-order chi connectivity index (χ1) is 11.6. The number of amides is 1. The number of anilines is 1. The minimum absolute atomic E-state index is 0.167. The van der Waals surface area contributed by atoms with E-state index >= 15 is 0 Å². The number of hydrogen-bond acceptors (Lipinski definition) is 5. The Morgan fingerprint density at radius 2 is 1.96 bits per heavy atom. The minimum atomic E-state index is -0.167.